The van der Waals surface area contributed by atoms with E-state index in [1.54, 1.807) is 6.08 Å². The smallest absolute Gasteiger partial charge is 0.269 e. The zero-order chi connectivity index (χ0) is 16.0. The van der Waals surface area contributed by atoms with E-state index in [4.69, 9.17) is 0 Å². The number of nitrogens with one attached hydrogen (secondary N) is 1. The first-order chi connectivity index (χ1) is 9.75. The fourth-order valence-electron chi connectivity index (χ4n) is 1.59. The van der Waals surface area contributed by atoms with Gasteiger partial charge in [0, 0.05) is 17.7 Å². The van der Waals surface area contributed by atoms with E-state index < -0.39 is 26.6 Å². The molecule has 0 unspecified atom stereocenters. The number of non-ortho nitro benzene ring substituents is 1. The molecule has 0 aliphatic carbocycles. The summed E-state index contributed by atoms with van der Waals surface area (Å²) in [6, 6.07) is 5.12. The molecule has 1 N–H and O–H groups in total. The first-order valence-electron chi connectivity index (χ1n) is 6.20. The van der Waals surface area contributed by atoms with Gasteiger partial charge < -0.3 is 0 Å². The monoisotopic (exact) mass is 312 g/mol. The summed E-state index contributed by atoms with van der Waals surface area (Å²) in [4.78, 5) is 21.6. The van der Waals surface area contributed by atoms with Gasteiger partial charge in [-0.25, -0.2) is 13.1 Å². The summed E-state index contributed by atoms with van der Waals surface area (Å²) >= 11 is 0. The number of allylic oxidation sites excluding steroid dienone is 1. The molecule has 114 valence electrons. The van der Waals surface area contributed by atoms with Crippen LogP contribution in [0.15, 0.2) is 35.9 Å². The molecular formula is C13H16N2O5S. The van der Waals surface area contributed by atoms with Gasteiger partial charge in [-0.1, -0.05) is 25.1 Å². The minimum absolute atomic E-state index is 0.123. The van der Waals surface area contributed by atoms with Crippen LogP contribution < -0.4 is 4.72 Å². The van der Waals surface area contributed by atoms with Gasteiger partial charge in [0.2, 0.25) is 10.0 Å². The number of hydrogen-bond donors (Lipinski definition) is 1. The molecule has 0 aliphatic heterocycles. The van der Waals surface area contributed by atoms with Gasteiger partial charge in [-0.3, -0.25) is 14.9 Å². The molecule has 8 heteroatoms. The van der Waals surface area contributed by atoms with Crippen molar-refractivity contribution in [3.05, 3.63) is 51.6 Å². The van der Waals surface area contributed by atoms with Crippen molar-refractivity contribution in [2.75, 3.05) is 0 Å². The van der Waals surface area contributed by atoms with Gasteiger partial charge in [-0.15, -0.1) is 0 Å². The Morgan fingerprint density at radius 2 is 1.90 bits per heavy atom. The molecule has 0 saturated heterocycles. The maximum Gasteiger partial charge on any atom is 0.269 e. The van der Waals surface area contributed by atoms with E-state index in [-0.39, 0.29) is 5.69 Å². The lowest BCUT2D eigenvalue weighted by Crippen LogP contribution is -2.32. The molecule has 1 rings (SSSR count). The Kier molecular flexibility index (Phi) is 5.60. The molecule has 0 heterocycles. The molecule has 0 aromatic heterocycles. The number of nitro benzene ring substituents is 1. The van der Waals surface area contributed by atoms with Crippen LogP contribution in [0.1, 0.15) is 25.8 Å². The van der Waals surface area contributed by atoms with Crippen LogP contribution in [0.2, 0.25) is 0 Å². The highest BCUT2D eigenvalue weighted by Crippen LogP contribution is 2.13. The number of sulfonamides is 1. The number of nitro groups is 1. The summed E-state index contributed by atoms with van der Waals surface area (Å²) < 4.78 is 25.6. The molecule has 0 aliphatic rings. The van der Waals surface area contributed by atoms with Crippen LogP contribution in [0.25, 0.3) is 0 Å². The van der Waals surface area contributed by atoms with Crippen molar-refractivity contribution in [3.8, 4) is 0 Å². The standard InChI is InChI=1S/C13H16N2O5S/c1-3-4-10(2)13(16)14-21(19,20)9-11-5-7-12(8-6-11)15(17)18/h4-8H,3,9H2,1-2H3,(H,14,16)/b10-4+. The number of benzene rings is 1. The van der Waals surface area contributed by atoms with Crippen molar-refractivity contribution in [2.24, 2.45) is 0 Å². The third kappa shape index (κ3) is 5.35. The van der Waals surface area contributed by atoms with E-state index in [1.165, 1.54) is 31.2 Å². The second-order valence-corrected chi connectivity index (χ2v) is 6.13. The third-order valence-corrected chi connectivity index (χ3v) is 3.83. The maximum atomic E-state index is 11.8. The molecule has 7 nitrogen and oxygen atoms in total. The first-order valence-corrected chi connectivity index (χ1v) is 7.85. The van der Waals surface area contributed by atoms with Gasteiger partial charge in [-0.2, -0.15) is 0 Å². The Morgan fingerprint density at radius 3 is 2.38 bits per heavy atom. The SMILES string of the molecule is CC/C=C(\C)C(=O)NS(=O)(=O)Cc1ccc([N+](=O)[O-])cc1. The van der Waals surface area contributed by atoms with Crippen molar-refractivity contribution in [3.63, 3.8) is 0 Å². The fourth-order valence-corrected chi connectivity index (χ4v) is 2.74. The second kappa shape index (κ2) is 6.98. The molecule has 0 saturated carbocycles. The average molecular weight is 312 g/mol. The van der Waals surface area contributed by atoms with Crippen molar-refractivity contribution >= 4 is 21.6 Å². The van der Waals surface area contributed by atoms with E-state index in [0.29, 0.717) is 17.6 Å². The van der Waals surface area contributed by atoms with E-state index >= 15 is 0 Å². The zero-order valence-corrected chi connectivity index (χ0v) is 12.5. The van der Waals surface area contributed by atoms with Gasteiger partial charge in [-0.05, 0) is 18.9 Å². The van der Waals surface area contributed by atoms with Crippen molar-refractivity contribution in [2.45, 2.75) is 26.0 Å². The Hall–Kier alpha value is -2.22. The molecule has 0 atom stereocenters. The number of amides is 1. The molecule has 1 aromatic carbocycles. The molecule has 0 fully saturated rings. The van der Waals surface area contributed by atoms with E-state index in [0.717, 1.165) is 0 Å². The number of carbonyl (C=O) groups is 1. The molecule has 1 amide bonds. The lowest BCUT2D eigenvalue weighted by Gasteiger charge is -2.07. The summed E-state index contributed by atoms with van der Waals surface area (Å²) in [7, 11) is -3.84. The van der Waals surface area contributed by atoms with Crippen molar-refractivity contribution in [1.29, 1.82) is 0 Å². The molecule has 1 aromatic rings. The molecule has 0 spiro atoms. The summed E-state index contributed by atoms with van der Waals surface area (Å²) in [6.07, 6.45) is 2.25. The van der Waals surface area contributed by atoms with Crippen LogP contribution in [-0.2, 0) is 20.6 Å². The Morgan fingerprint density at radius 1 is 1.33 bits per heavy atom. The number of nitrogens with zero attached hydrogens (tertiary/aromatic N) is 1. The van der Waals surface area contributed by atoms with Gasteiger partial charge in [0.05, 0.1) is 10.7 Å². The zero-order valence-electron chi connectivity index (χ0n) is 11.7. The summed E-state index contributed by atoms with van der Waals surface area (Å²) in [5.74, 6) is -1.09. The fraction of sp³-hybridized carbons (Fsp3) is 0.308. The third-order valence-electron chi connectivity index (χ3n) is 2.62. The Bertz CT molecular complexity index is 662. The molecule has 21 heavy (non-hydrogen) atoms. The lowest BCUT2D eigenvalue weighted by atomic mass is 10.2. The van der Waals surface area contributed by atoms with Gasteiger partial charge >= 0.3 is 0 Å². The van der Waals surface area contributed by atoms with Gasteiger partial charge in [0.15, 0.2) is 0 Å². The minimum atomic E-state index is -3.84. The number of rotatable bonds is 6. The number of carbonyl (C=O) groups excluding carboxylic acids is 1. The quantitative estimate of drug-likeness (QED) is 0.490. The molecule has 0 radical (unpaired) electrons. The van der Waals surface area contributed by atoms with E-state index in [1.807, 2.05) is 11.6 Å². The summed E-state index contributed by atoms with van der Waals surface area (Å²) in [6.45, 7) is 3.36. The van der Waals surface area contributed by atoms with Crippen LogP contribution in [0.4, 0.5) is 5.69 Å². The van der Waals surface area contributed by atoms with Crippen molar-refractivity contribution in [1.82, 2.24) is 4.72 Å². The maximum absolute atomic E-state index is 11.8. The predicted molar refractivity (Wildman–Crippen MR) is 77.9 cm³/mol. The summed E-state index contributed by atoms with van der Waals surface area (Å²) in [5.41, 5.74) is 0.560. The van der Waals surface area contributed by atoms with Crippen molar-refractivity contribution < 1.29 is 18.1 Å². The minimum Gasteiger partial charge on any atom is -0.269 e. The first kappa shape index (κ1) is 16.8. The normalized spacial score (nSPS) is 12.0. The second-order valence-electron chi connectivity index (χ2n) is 4.41. The topological polar surface area (TPSA) is 106 Å². The summed E-state index contributed by atoms with van der Waals surface area (Å²) in [5, 5.41) is 10.5. The highest BCUT2D eigenvalue weighted by Gasteiger charge is 2.17. The van der Waals surface area contributed by atoms with Crippen LogP contribution in [0.5, 0.6) is 0 Å². The molecular weight excluding hydrogens is 296 g/mol. The highest BCUT2D eigenvalue weighted by atomic mass is 32.2. The van der Waals surface area contributed by atoms with Gasteiger partial charge in [0.25, 0.3) is 11.6 Å². The highest BCUT2D eigenvalue weighted by molar-refractivity contribution is 7.89. The van der Waals surface area contributed by atoms with Crippen LogP contribution >= 0.6 is 0 Å². The lowest BCUT2D eigenvalue weighted by molar-refractivity contribution is -0.384. The molecule has 0 bridgehead atoms. The van der Waals surface area contributed by atoms with Crippen LogP contribution in [0, 0.1) is 10.1 Å². The Labute approximate surface area is 122 Å². The van der Waals surface area contributed by atoms with Crippen LogP contribution in [0.3, 0.4) is 0 Å². The van der Waals surface area contributed by atoms with Crippen LogP contribution in [-0.4, -0.2) is 19.2 Å². The number of hydrogen-bond acceptors (Lipinski definition) is 5. The predicted octanol–water partition coefficient (Wildman–Crippen LogP) is 1.90. The Balaban J connectivity index is 2.79. The largest absolute Gasteiger partial charge is 0.269 e. The average Bonchev–Trinajstić information content (AvgIpc) is 2.38. The van der Waals surface area contributed by atoms with Gasteiger partial charge in [0.1, 0.15) is 0 Å². The van der Waals surface area contributed by atoms with E-state index in [9.17, 15) is 23.3 Å². The van der Waals surface area contributed by atoms with E-state index in [2.05, 4.69) is 0 Å².